The van der Waals surface area contributed by atoms with Gasteiger partial charge in [-0.25, -0.2) is 18.7 Å². The lowest BCUT2D eigenvalue weighted by atomic mass is 10.3. The van der Waals surface area contributed by atoms with E-state index < -0.39 is 6.43 Å². The number of fused-ring (bicyclic) bond motifs is 1. The first-order valence-corrected chi connectivity index (χ1v) is 7.25. The van der Waals surface area contributed by atoms with Crippen LogP contribution in [-0.2, 0) is 0 Å². The summed E-state index contributed by atoms with van der Waals surface area (Å²) >= 11 is 0. The summed E-state index contributed by atoms with van der Waals surface area (Å²) in [7, 11) is 0. The highest BCUT2D eigenvalue weighted by molar-refractivity contribution is 5.78. The molecule has 1 aliphatic heterocycles. The Balaban J connectivity index is 1.85. The highest BCUT2D eigenvalue weighted by Gasteiger charge is 2.31. The number of allylic oxidation sites excluding steroid dienone is 1. The van der Waals surface area contributed by atoms with Crippen LogP contribution >= 0.6 is 0 Å². The first-order valence-electron chi connectivity index (χ1n) is 7.25. The van der Waals surface area contributed by atoms with Gasteiger partial charge < -0.3 is 4.90 Å². The Hall–Kier alpha value is -2.82. The highest BCUT2D eigenvalue weighted by atomic mass is 19.3. The van der Waals surface area contributed by atoms with Gasteiger partial charge in [0, 0.05) is 18.5 Å². The molecule has 0 N–H and O–H groups in total. The molecule has 0 atom stereocenters. The Kier molecular flexibility index (Phi) is 3.08. The van der Waals surface area contributed by atoms with Gasteiger partial charge in [0.05, 0.1) is 6.54 Å². The molecule has 6 nitrogen and oxygen atoms in total. The average Bonchev–Trinajstić information content (AvgIpc) is 3.34. The van der Waals surface area contributed by atoms with Crippen LogP contribution in [0.25, 0.3) is 11.2 Å². The molecule has 8 heteroatoms. The van der Waals surface area contributed by atoms with E-state index >= 15 is 0 Å². The summed E-state index contributed by atoms with van der Waals surface area (Å²) in [6, 6.07) is 5.61. The molecule has 2 aliphatic rings. The zero-order chi connectivity index (χ0) is 16.0. The van der Waals surface area contributed by atoms with E-state index in [1.807, 2.05) is 10.6 Å². The fourth-order valence-corrected chi connectivity index (χ4v) is 2.63. The Morgan fingerprint density at radius 1 is 1.26 bits per heavy atom. The fraction of sp³-hybridized carbons (Fsp3) is 0.333. The predicted molar refractivity (Wildman–Crippen MR) is 80.4 cm³/mol. The SMILES string of the molecule is N#Cc1ccc2nc(N3C=C(C(F)F)N=CC3)n(C3CC3)c2n1. The van der Waals surface area contributed by atoms with Crippen LogP contribution in [0.3, 0.4) is 0 Å². The van der Waals surface area contributed by atoms with Gasteiger partial charge in [-0.2, -0.15) is 5.26 Å². The molecular weight excluding hydrogens is 302 g/mol. The van der Waals surface area contributed by atoms with Crippen molar-refractivity contribution in [3.8, 4) is 6.07 Å². The van der Waals surface area contributed by atoms with Crippen molar-refractivity contribution >= 4 is 23.3 Å². The monoisotopic (exact) mass is 314 g/mol. The fourth-order valence-electron chi connectivity index (χ4n) is 2.63. The van der Waals surface area contributed by atoms with Crippen molar-refractivity contribution in [2.45, 2.75) is 25.3 Å². The summed E-state index contributed by atoms with van der Waals surface area (Å²) in [5, 5.41) is 9.03. The molecule has 3 heterocycles. The van der Waals surface area contributed by atoms with Gasteiger partial charge in [-0.05, 0) is 25.0 Å². The predicted octanol–water partition coefficient (Wildman–Crippen LogP) is 2.64. The topological polar surface area (TPSA) is 70.1 Å². The Morgan fingerprint density at radius 3 is 2.78 bits per heavy atom. The molecule has 2 aromatic rings. The number of imidazole rings is 1. The summed E-state index contributed by atoms with van der Waals surface area (Å²) in [4.78, 5) is 14.2. The van der Waals surface area contributed by atoms with E-state index in [-0.39, 0.29) is 11.7 Å². The van der Waals surface area contributed by atoms with E-state index in [9.17, 15) is 8.78 Å². The van der Waals surface area contributed by atoms with Crippen LogP contribution in [0.2, 0.25) is 0 Å². The summed E-state index contributed by atoms with van der Waals surface area (Å²) in [6.07, 6.45) is 2.13. The third-order valence-corrected chi connectivity index (χ3v) is 3.83. The van der Waals surface area contributed by atoms with Crippen molar-refractivity contribution in [2.75, 3.05) is 11.4 Å². The second-order valence-electron chi connectivity index (χ2n) is 5.48. The molecule has 116 valence electrons. The second-order valence-corrected chi connectivity index (χ2v) is 5.48. The van der Waals surface area contributed by atoms with Gasteiger partial charge >= 0.3 is 0 Å². The largest absolute Gasteiger partial charge is 0.311 e. The van der Waals surface area contributed by atoms with Gasteiger partial charge in [-0.1, -0.05) is 0 Å². The highest BCUT2D eigenvalue weighted by Crippen LogP contribution is 2.41. The number of alkyl halides is 2. The maximum atomic E-state index is 12.9. The van der Waals surface area contributed by atoms with Crippen LogP contribution in [0.4, 0.5) is 14.7 Å². The number of nitriles is 1. The summed E-state index contributed by atoms with van der Waals surface area (Å²) < 4.78 is 27.7. The van der Waals surface area contributed by atoms with Gasteiger partial charge in [0.2, 0.25) is 5.95 Å². The van der Waals surface area contributed by atoms with E-state index in [1.54, 1.807) is 17.0 Å². The zero-order valence-corrected chi connectivity index (χ0v) is 12.0. The molecule has 23 heavy (non-hydrogen) atoms. The molecule has 0 amide bonds. The molecule has 0 aromatic carbocycles. The molecule has 0 radical (unpaired) electrons. The van der Waals surface area contributed by atoms with Crippen molar-refractivity contribution in [1.29, 1.82) is 5.26 Å². The lowest BCUT2D eigenvalue weighted by molar-refractivity contribution is 0.187. The molecule has 0 spiro atoms. The number of hydrogen-bond donors (Lipinski definition) is 0. The first kappa shape index (κ1) is 13.8. The molecule has 1 aliphatic carbocycles. The van der Waals surface area contributed by atoms with Crippen LogP contribution in [0.1, 0.15) is 24.6 Å². The molecule has 4 rings (SSSR count). The van der Waals surface area contributed by atoms with E-state index in [4.69, 9.17) is 5.26 Å². The van der Waals surface area contributed by atoms with E-state index in [0.29, 0.717) is 29.4 Å². The number of hydrogen-bond acceptors (Lipinski definition) is 5. The summed E-state index contributed by atoms with van der Waals surface area (Å²) in [6.45, 7) is 0.372. The van der Waals surface area contributed by atoms with Gasteiger partial charge in [-0.3, -0.25) is 9.56 Å². The molecule has 0 bridgehead atoms. The minimum absolute atomic E-state index is 0.249. The van der Waals surface area contributed by atoms with Crippen LogP contribution in [-0.4, -0.2) is 33.7 Å². The Labute approximate surface area is 130 Å². The van der Waals surface area contributed by atoms with Gasteiger partial charge in [0.25, 0.3) is 6.43 Å². The number of rotatable bonds is 3. The molecule has 0 saturated heterocycles. The van der Waals surface area contributed by atoms with Crippen LogP contribution in [0.15, 0.2) is 29.0 Å². The zero-order valence-electron chi connectivity index (χ0n) is 12.0. The summed E-state index contributed by atoms with van der Waals surface area (Å²) in [5.41, 5.74) is 1.31. The van der Waals surface area contributed by atoms with Gasteiger partial charge in [-0.15, -0.1) is 0 Å². The van der Waals surface area contributed by atoms with Crippen molar-refractivity contribution in [3.05, 3.63) is 29.7 Å². The number of pyridine rings is 1. The quantitative estimate of drug-likeness (QED) is 0.873. The lowest BCUT2D eigenvalue weighted by Crippen LogP contribution is -2.26. The molecule has 0 unspecified atom stereocenters. The third-order valence-electron chi connectivity index (χ3n) is 3.83. The van der Waals surface area contributed by atoms with Crippen LogP contribution in [0.5, 0.6) is 0 Å². The van der Waals surface area contributed by atoms with Crippen molar-refractivity contribution in [3.63, 3.8) is 0 Å². The third kappa shape index (κ3) is 2.34. The van der Waals surface area contributed by atoms with Crippen molar-refractivity contribution in [2.24, 2.45) is 4.99 Å². The lowest BCUT2D eigenvalue weighted by Gasteiger charge is -2.22. The molecular formula is C15H12F2N6. The van der Waals surface area contributed by atoms with Crippen molar-refractivity contribution < 1.29 is 8.78 Å². The first-order chi connectivity index (χ1) is 11.2. The normalized spacial score (nSPS) is 17.7. The maximum absolute atomic E-state index is 12.9. The number of nitrogens with zero attached hydrogens (tertiary/aromatic N) is 6. The number of halogens is 2. The van der Waals surface area contributed by atoms with Gasteiger partial charge in [0.1, 0.15) is 23.0 Å². The van der Waals surface area contributed by atoms with Crippen LogP contribution < -0.4 is 4.90 Å². The standard InChI is InChI=1S/C15H12F2N6/c16-13(17)12-8-22(6-5-19-12)15-21-11-4-1-9(7-18)20-14(11)23(15)10-2-3-10/h1,4-5,8,10,13H,2-3,6H2. The second kappa shape index (κ2) is 5.12. The van der Waals surface area contributed by atoms with E-state index in [1.165, 1.54) is 12.4 Å². The Morgan fingerprint density at radius 2 is 2.09 bits per heavy atom. The average molecular weight is 314 g/mol. The maximum Gasteiger partial charge on any atom is 0.281 e. The number of anilines is 1. The molecule has 1 fully saturated rings. The minimum Gasteiger partial charge on any atom is -0.311 e. The van der Waals surface area contributed by atoms with Crippen molar-refractivity contribution in [1.82, 2.24) is 14.5 Å². The molecule has 1 saturated carbocycles. The van der Waals surface area contributed by atoms with Crippen LogP contribution in [0, 0.1) is 11.3 Å². The number of aromatic nitrogens is 3. The minimum atomic E-state index is -2.63. The van der Waals surface area contributed by atoms with E-state index in [0.717, 1.165) is 12.8 Å². The molecule has 2 aromatic heterocycles. The summed E-state index contributed by atoms with van der Waals surface area (Å²) in [5.74, 6) is 0.564. The smallest absolute Gasteiger partial charge is 0.281 e. The van der Waals surface area contributed by atoms with E-state index in [2.05, 4.69) is 15.0 Å². The Bertz CT molecular complexity index is 872. The van der Waals surface area contributed by atoms with Gasteiger partial charge in [0.15, 0.2) is 5.65 Å². The number of aliphatic imine (C=N–C) groups is 1.